The summed E-state index contributed by atoms with van der Waals surface area (Å²) in [6.07, 6.45) is 1.70. The van der Waals surface area contributed by atoms with Gasteiger partial charge in [-0.25, -0.2) is 4.98 Å². The van der Waals surface area contributed by atoms with Crippen LogP contribution in [0.25, 0.3) is 11.0 Å². The van der Waals surface area contributed by atoms with Gasteiger partial charge in [-0.2, -0.15) is 0 Å². The van der Waals surface area contributed by atoms with Crippen LogP contribution in [-0.4, -0.2) is 33.7 Å². The van der Waals surface area contributed by atoms with Crippen LogP contribution in [0.2, 0.25) is 0 Å². The Morgan fingerprint density at radius 3 is 1.96 bits per heavy atom. The zero-order valence-corrected chi connectivity index (χ0v) is 13.4. The lowest BCUT2D eigenvalue weighted by Crippen LogP contribution is -2.24. The van der Waals surface area contributed by atoms with Crippen LogP contribution < -0.4 is 0 Å². The summed E-state index contributed by atoms with van der Waals surface area (Å²) in [4.78, 5) is 30.8. The summed E-state index contributed by atoms with van der Waals surface area (Å²) in [7, 11) is 1.49. The number of carbonyl (C=O) groups is 2. The number of carbonyl (C=O) groups excluding carboxylic acids is 2. The number of rotatable bonds is 0. The number of nitrogens with zero attached hydrogens (tertiary/aromatic N) is 2. The predicted octanol–water partition coefficient (Wildman–Crippen LogP) is 3.50. The first-order valence-corrected chi connectivity index (χ1v) is 7.48. The van der Waals surface area contributed by atoms with Gasteiger partial charge in [0, 0.05) is 7.05 Å². The molecule has 0 radical (unpaired) electrons. The van der Waals surface area contributed by atoms with Crippen molar-refractivity contribution in [1.29, 1.82) is 0 Å². The molecule has 0 saturated heterocycles. The average molecular weight is 309 g/mol. The number of imidazole rings is 1. The second-order valence-electron chi connectivity index (χ2n) is 4.63. The Labute approximate surface area is 135 Å². The highest BCUT2D eigenvalue weighted by molar-refractivity contribution is 6.21. The number of amides is 2. The van der Waals surface area contributed by atoms with Crippen LogP contribution in [-0.2, 0) is 0 Å². The topological polar surface area (TPSA) is 66.1 Å². The van der Waals surface area contributed by atoms with Gasteiger partial charge in [-0.3, -0.25) is 14.5 Å². The van der Waals surface area contributed by atoms with E-state index in [9.17, 15) is 9.59 Å². The van der Waals surface area contributed by atoms with E-state index in [1.807, 2.05) is 38.1 Å². The molecule has 0 spiro atoms. The van der Waals surface area contributed by atoms with Crippen LogP contribution in [0.15, 0.2) is 54.9 Å². The van der Waals surface area contributed by atoms with Crippen LogP contribution in [0.5, 0.6) is 0 Å². The van der Waals surface area contributed by atoms with Crippen LogP contribution in [0, 0.1) is 0 Å². The third kappa shape index (κ3) is 3.29. The van der Waals surface area contributed by atoms with Gasteiger partial charge >= 0.3 is 0 Å². The van der Waals surface area contributed by atoms with Gasteiger partial charge in [0.2, 0.25) is 0 Å². The fraction of sp³-hybridized carbons (Fsp3) is 0.167. The number of aromatic amines is 1. The lowest BCUT2D eigenvalue weighted by atomic mass is 10.1. The van der Waals surface area contributed by atoms with Crippen molar-refractivity contribution in [2.45, 2.75) is 13.8 Å². The van der Waals surface area contributed by atoms with Gasteiger partial charge in [0.1, 0.15) is 0 Å². The molecule has 0 saturated carbocycles. The van der Waals surface area contributed by atoms with Crippen molar-refractivity contribution in [3.05, 3.63) is 66.0 Å². The van der Waals surface area contributed by atoms with E-state index >= 15 is 0 Å². The standard InChI is InChI=1S/C9H7NO2.C7H6N2.C2H6/c1-10-8(11)6-4-2-3-5-7(6)9(10)12;1-2-4-7-6(3-1)8-5-9-7;1-2/h2-5H,1H3;1-5H,(H,8,9);1-2H3. The molecule has 3 aromatic rings. The van der Waals surface area contributed by atoms with Crippen LogP contribution in [0.4, 0.5) is 0 Å². The van der Waals surface area contributed by atoms with Crippen molar-refractivity contribution >= 4 is 22.8 Å². The van der Waals surface area contributed by atoms with Gasteiger partial charge in [0.05, 0.1) is 28.5 Å². The molecule has 0 unspecified atom stereocenters. The van der Waals surface area contributed by atoms with Gasteiger partial charge in [0.15, 0.2) is 0 Å². The van der Waals surface area contributed by atoms with E-state index in [4.69, 9.17) is 0 Å². The Morgan fingerprint density at radius 1 is 0.870 bits per heavy atom. The van der Waals surface area contributed by atoms with Crippen molar-refractivity contribution in [2.75, 3.05) is 7.05 Å². The molecule has 23 heavy (non-hydrogen) atoms. The lowest BCUT2D eigenvalue weighted by Gasteiger charge is -2.02. The van der Waals surface area contributed by atoms with E-state index < -0.39 is 0 Å². The molecule has 118 valence electrons. The monoisotopic (exact) mass is 309 g/mol. The summed E-state index contributed by atoms with van der Waals surface area (Å²) in [5.41, 5.74) is 3.13. The lowest BCUT2D eigenvalue weighted by molar-refractivity contribution is 0.0693. The molecule has 2 aromatic carbocycles. The number of hydrogen-bond acceptors (Lipinski definition) is 3. The Balaban J connectivity index is 0.000000155. The SMILES string of the molecule is CC.CN1C(=O)c2ccccc2C1=O.c1ccc2[nH]cnc2c1. The van der Waals surface area contributed by atoms with E-state index in [1.165, 1.54) is 7.05 Å². The molecule has 5 nitrogen and oxygen atoms in total. The van der Waals surface area contributed by atoms with Gasteiger partial charge in [-0.1, -0.05) is 38.1 Å². The minimum atomic E-state index is -0.212. The molecule has 5 heteroatoms. The fourth-order valence-corrected chi connectivity index (χ4v) is 2.19. The second-order valence-corrected chi connectivity index (χ2v) is 4.63. The molecule has 1 aliphatic heterocycles. The van der Waals surface area contributed by atoms with E-state index in [0.717, 1.165) is 15.9 Å². The molecular formula is C18H19N3O2. The highest BCUT2D eigenvalue weighted by Gasteiger charge is 2.31. The Bertz CT molecular complexity index is 759. The summed E-state index contributed by atoms with van der Waals surface area (Å²) in [5.74, 6) is -0.425. The number of H-pyrrole nitrogens is 1. The first-order valence-electron chi connectivity index (χ1n) is 7.48. The Hall–Kier alpha value is -2.95. The summed E-state index contributed by atoms with van der Waals surface area (Å²) < 4.78 is 0. The quantitative estimate of drug-likeness (QED) is 0.646. The molecule has 1 aromatic heterocycles. The molecule has 2 amide bonds. The maximum absolute atomic E-state index is 11.3. The molecular weight excluding hydrogens is 290 g/mol. The Morgan fingerprint density at radius 2 is 1.39 bits per heavy atom. The molecule has 0 aliphatic carbocycles. The van der Waals surface area contributed by atoms with E-state index in [1.54, 1.807) is 30.6 Å². The molecule has 0 bridgehead atoms. The number of fused-ring (bicyclic) bond motifs is 2. The van der Waals surface area contributed by atoms with E-state index in [0.29, 0.717) is 11.1 Å². The third-order valence-electron chi connectivity index (χ3n) is 3.32. The largest absolute Gasteiger partial charge is 0.345 e. The summed E-state index contributed by atoms with van der Waals surface area (Å²) in [6, 6.07) is 14.8. The smallest absolute Gasteiger partial charge is 0.261 e. The molecule has 1 aliphatic rings. The maximum atomic E-state index is 11.3. The number of imide groups is 1. The number of para-hydroxylation sites is 2. The number of benzene rings is 2. The first-order chi connectivity index (χ1) is 11.2. The van der Waals surface area contributed by atoms with E-state index in [-0.39, 0.29) is 11.8 Å². The van der Waals surface area contributed by atoms with Crippen molar-refractivity contribution < 1.29 is 9.59 Å². The molecule has 1 N–H and O–H groups in total. The normalized spacial score (nSPS) is 12.2. The highest BCUT2D eigenvalue weighted by atomic mass is 16.2. The van der Waals surface area contributed by atoms with Crippen LogP contribution >= 0.6 is 0 Å². The Kier molecular flexibility index (Phi) is 5.25. The first kappa shape index (κ1) is 16.4. The highest BCUT2D eigenvalue weighted by Crippen LogP contribution is 2.20. The number of aromatic nitrogens is 2. The molecule has 0 fully saturated rings. The van der Waals surface area contributed by atoms with E-state index in [2.05, 4.69) is 9.97 Å². The zero-order chi connectivity index (χ0) is 16.8. The van der Waals surface area contributed by atoms with Crippen molar-refractivity contribution in [2.24, 2.45) is 0 Å². The minimum absolute atomic E-state index is 0.212. The maximum Gasteiger partial charge on any atom is 0.261 e. The average Bonchev–Trinajstić information content (AvgIpc) is 3.18. The molecule has 0 atom stereocenters. The fourth-order valence-electron chi connectivity index (χ4n) is 2.19. The minimum Gasteiger partial charge on any atom is -0.345 e. The van der Waals surface area contributed by atoms with Crippen molar-refractivity contribution in [3.8, 4) is 0 Å². The van der Waals surface area contributed by atoms with Crippen LogP contribution in [0.3, 0.4) is 0 Å². The molecule has 2 heterocycles. The van der Waals surface area contributed by atoms with Gasteiger partial charge in [0.25, 0.3) is 11.8 Å². The summed E-state index contributed by atoms with van der Waals surface area (Å²) in [6.45, 7) is 4.00. The second kappa shape index (κ2) is 7.35. The van der Waals surface area contributed by atoms with Crippen molar-refractivity contribution in [1.82, 2.24) is 14.9 Å². The zero-order valence-electron chi connectivity index (χ0n) is 13.4. The van der Waals surface area contributed by atoms with Gasteiger partial charge < -0.3 is 4.98 Å². The van der Waals surface area contributed by atoms with Gasteiger partial charge in [-0.05, 0) is 24.3 Å². The summed E-state index contributed by atoms with van der Waals surface area (Å²) in [5, 5.41) is 0. The van der Waals surface area contributed by atoms with Crippen LogP contribution in [0.1, 0.15) is 34.6 Å². The number of hydrogen-bond donors (Lipinski definition) is 1. The summed E-state index contributed by atoms with van der Waals surface area (Å²) >= 11 is 0. The third-order valence-corrected chi connectivity index (χ3v) is 3.32. The van der Waals surface area contributed by atoms with Gasteiger partial charge in [-0.15, -0.1) is 0 Å². The van der Waals surface area contributed by atoms with Crippen molar-refractivity contribution in [3.63, 3.8) is 0 Å². The number of nitrogens with one attached hydrogen (secondary N) is 1. The predicted molar refractivity (Wildman–Crippen MR) is 90.3 cm³/mol. The molecule has 4 rings (SSSR count).